The molecule has 2 aliphatic rings. The number of nitrogens with zero attached hydrogens (tertiary/aromatic N) is 2. The van der Waals surface area contributed by atoms with Crippen LogP contribution < -0.4 is 10.2 Å². The molecule has 0 bridgehead atoms. The molecule has 162 valence electrons. The molecule has 6 heteroatoms. The van der Waals surface area contributed by atoms with Crippen molar-refractivity contribution in [1.82, 2.24) is 4.57 Å². The van der Waals surface area contributed by atoms with Gasteiger partial charge >= 0.3 is 0 Å². The lowest BCUT2D eigenvalue weighted by molar-refractivity contribution is -0.886. The van der Waals surface area contributed by atoms with Gasteiger partial charge in [-0.05, 0) is 49.5 Å². The van der Waals surface area contributed by atoms with Crippen LogP contribution in [0, 0.1) is 25.2 Å². The van der Waals surface area contributed by atoms with Crippen LogP contribution in [0.3, 0.4) is 0 Å². The summed E-state index contributed by atoms with van der Waals surface area (Å²) in [5.41, 5.74) is 5.12. The van der Waals surface area contributed by atoms with Crippen molar-refractivity contribution >= 4 is 17.3 Å². The zero-order valence-corrected chi connectivity index (χ0v) is 18.4. The summed E-state index contributed by atoms with van der Waals surface area (Å²) in [6.07, 6.45) is 5.43. The standard InChI is InChI=1S/C25H30N4O2/c1-18-19(2)29(16-22-9-6-14-31-22)25(23(18)15-26)27-24(30)17-28-12-10-21(11-13-28)20-7-4-3-5-8-20/h3-5,7-8,10,22H,6,9,11-14,16-17H2,1-2H3,(H,27,30)/p+1/t22-/m0/s1. The number of nitrogens with one attached hydrogen (secondary N) is 2. The van der Waals surface area contributed by atoms with E-state index in [1.54, 1.807) is 0 Å². The Morgan fingerprint density at radius 2 is 2.13 bits per heavy atom. The minimum atomic E-state index is -0.0471. The van der Waals surface area contributed by atoms with Gasteiger partial charge in [-0.3, -0.25) is 4.79 Å². The zero-order valence-electron chi connectivity index (χ0n) is 18.4. The highest BCUT2D eigenvalue weighted by molar-refractivity contribution is 5.92. The predicted octanol–water partition coefficient (Wildman–Crippen LogP) is 2.47. The highest BCUT2D eigenvalue weighted by Gasteiger charge is 2.25. The van der Waals surface area contributed by atoms with E-state index in [0.29, 0.717) is 24.5 Å². The Hall–Kier alpha value is -2.88. The van der Waals surface area contributed by atoms with Gasteiger partial charge in [-0.15, -0.1) is 0 Å². The Labute approximate surface area is 184 Å². The molecule has 0 spiro atoms. The summed E-state index contributed by atoms with van der Waals surface area (Å²) in [4.78, 5) is 14.1. The Morgan fingerprint density at radius 3 is 2.77 bits per heavy atom. The van der Waals surface area contributed by atoms with Crippen molar-refractivity contribution in [2.75, 3.05) is 31.6 Å². The monoisotopic (exact) mass is 419 g/mol. The van der Waals surface area contributed by atoms with Crippen molar-refractivity contribution < 1.29 is 14.4 Å². The second kappa shape index (κ2) is 9.51. The minimum absolute atomic E-state index is 0.0471. The van der Waals surface area contributed by atoms with Crippen molar-refractivity contribution in [1.29, 1.82) is 5.26 Å². The second-order valence-electron chi connectivity index (χ2n) is 8.57. The molecule has 31 heavy (non-hydrogen) atoms. The van der Waals surface area contributed by atoms with Gasteiger partial charge in [0.25, 0.3) is 5.91 Å². The summed E-state index contributed by atoms with van der Waals surface area (Å²) in [5, 5.41) is 12.8. The van der Waals surface area contributed by atoms with E-state index in [1.165, 1.54) is 16.0 Å². The van der Waals surface area contributed by atoms with E-state index in [2.05, 4.69) is 46.3 Å². The summed E-state index contributed by atoms with van der Waals surface area (Å²) < 4.78 is 7.85. The lowest BCUT2D eigenvalue weighted by atomic mass is 10.00. The van der Waals surface area contributed by atoms with Crippen molar-refractivity contribution in [3.8, 4) is 6.07 Å². The third kappa shape index (κ3) is 4.73. The molecular weight excluding hydrogens is 388 g/mol. The van der Waals surface area contributed by atoms with Crippen molar-refractivity contribution in [3.63, 3.8) is 0 Å². The summed E-state index contributed by atoms with van der Waals surface area (Å²) in [6.45, 7) is 7.56. The average molecular weight is 420 g/mol. The summed E-state index contributed by atoms with van der Waals surface area (Å²) >= 11 is 0. The maximum absolute atomic E-state index is 12.9. The molecule has 0 aliphatic carbocycles. The number of hydrogen-bond acceptors (Lipinski definition) is 3. The quantitative estimate of drug-likeness (QED) is 0.756. The van der Waals surface area contributed by atoms with Crippen LogP contribution in [0.5, 0.6) is 0 Å². The van der Waals surface area contributed by atoms with E-state index in [1.807, 2.05) is 19.9 Å². The van der Waals surface area contributed by atoms with Crippen molar-refractivity contribution in [3.05, 3.63) is 58.8 Å². The number of hydrogen-bond donors (Lipinski definition) is 2. The van der Waals surface area contributed by atoms with Crippen LogP contribution in [0.25, 0.3) is 5.57 Å². The first-order valence-electron chi connectivity index (χ1n) is 11.2. The van der Waals surface area contributed by atoms with Crippen LogP contribution in [0.15, 0.2) is 36.4 Å². The predicted molar refractivity (Wildman–Crippen MR) is 121 cm³/mol. The molecule has 2 aliphatic heterocycles. The van der Waals surface area contributed by atoms with Gasteiger partial charge in [0, 0.05) is 18.7 Å². The molecular formula is C25H31N4O2+. The molecule has 3 heterocycles. The molecule has 4 rings (SSSR count). The number of carbonyl (C=O) groups excluding carboxylic acids is 1. The molecule has 2 atom stereocenters. The fourth-order valence-corrected chi connectivity index (χ4v) is 4.61. The Bertz CT molecular complexity index is 1010. The molecule has 1 fully saturated rings. The molecule has 0 saturated carbocycles. The van der Waals surface area contributed by atoms with Gasteiger partial charge in [0.05, 0.1) is 31.3 Å². The highest BCUT2D eigenvalue weighted by Crippen LogP contribution is 2.28. The van der Waals surface area contributed by atoms with E-state index in [4.69, 9.17) is 4.74 Å². The van der Waals surface area contributed by atoms with E-state index >= 15 is 0 Å². The topological polar surface area (TPSA) is 71.5 Å². The largest absolute Gasteiger partial charge is 0.376 e. The van der Waals surface area contributed by atoms with E-state index < -0.39 is 0 Å². The average Bonchev–Trinajstić information content (AvgIpc) is 3.38. The van der Waals surface area contributed by atoms with E-state index in [-0.39, 0.29) is 12.0 Å². The fraction of sp³-hybridized carbons (Fsp3) is 0.440. The molecule has 1 unspecified atom stereocenters. The number of ether oxygens (including phenoxy) is 1. The third-order valence-corrected chi connectivity index (χ3v) is 6.55. The van der Waals surface area contributed by atoms with Crippen LogP contribution in [-0.4, -0.2) is 42.8 Å². The summed E-state index contributed by atoms with van der Waals surface area (Å²) in [6, 6.07) is 12.7. The van der Waals surface area contributed by atoms with Crippen molar-refractivity contribution in [2.24, 2.45) is 0 Å². The first-order valence-corrected chi connectivity index (χ1v) is 11.2. The summed E-state index contributed by atoms with van der Waals surface area (Å²) in [5.74, 6) is 0.573. The smallest absolute Gasteiger partial charge is 0.280 e. The van der Waals surface area contributed by atoms with Gasteiger partial charge in [-0.1, -0.05) is 30.3 Å². The van der Waals surface area contributed by atoms with Crippen LogP contribution in [0.1, 0.15) is 41.6 Å². The van der Waals surface area contributed by atoms with Crippen LogP contribution in [0.2, 0.25) is 0 Å². The maximum atomic E-state index is 12.9. The maximum Gasteiger partial charge on any atom is 0.280 e. The van der Waals surface area contributed by atoms with E-state index in [0.717, 1.165) is 50.2 Å². The lowest BCUT2D eigenvalue weighted by Crippen LogP contribution is -3.13. The van der Waals surface area contributed by atoms with Gasteiger partial charge in [0.15, 0.2) is 6.54 Å². The minimum Gasteiger partial charge on any atom is -0.376 e. The third-order valence-electron chi connectivity index (χ3n) is 6.55. The number of nitriles is 1. The molecule has 1 amide bonds. The number of amides is 1. The number of quaternary nitrogens is 1. The Balaban J connectivity index is 1.43. The molecule has 6 nitrogen and oxygen atoms in total. The van der Waals surface area contributed by atoms with Gasteiger partial charge in [0.1, 0.15) is 11.9 Å². The second-order valence-corrected chi connectivity index (χ2v) is 8.57. The number of rotatable bonds is 6. The van der Waals surface area contributed by atoms with Crippen LogP contribution >= 0.6 is 0 Å². The molecule has 1 aromatic carbocycles. The number of carbonyl (C=O) groups is 1. The molecule has 0 radical (unpaired) electrons. The number of anilines is 1. The fourth-order valence-electron chi connectivity index (χ4n) is 4.61. The first-order chi connectivity index (χ1) is 15.1. The first kappa shape index (κ1) is 21.4. The van der Waals surface area contributed by atoms with Crippen molar-refractivity contribution in [2.45, 2.75) is 45.8 Å². The molecule has 2 N–H and O–H groups in total. The number of benzene rings is 1. The SMILES string of the molecule is Cc1c(C#N)c(NC(=O)C[NH+]2CC=C(c3ccccc3)CC2)n(C[C@@H]2CCCO2)c1C. The van der Waals surface area contributed by atoms with Crippen LogP contribution in [-0.2, 0) is 16.1 Å². The molecule has 1 aromatic heterocycles. The summed E-state index contributed by atoms with van der Waals surface area (Å²) in [7, 11) is 0. The van der Waals surface area contributed by atoms with Crippen LogP contribution in [0.4, 0.5) is 5.82 Å². The van der Waals surface area contributed by atoms with Gasteiger partial charge < -0.3 is 19.5 Å². The van der Waals surface area contributed by atoms with Gasteiger partial charge in [-0.2, -0.15) is 5.26 Å². The lowest BCUT2D eigenvalue weighted by Gasteiger charge is -2.23. The molecule has 1 saturated heterocycles. The normalized spacial score (nSPS) is 20.9. The Kier molecular flexibility index (Phi) is 6.55. The van der Waals surface area contributed by atoms with E-state index in [9.17, 15) is 10.1 Å². The molecule has 2 aromatic rings. The highest BCUT2D eigenvalue weighted by atomic mass is 16.5. The zero-order chi connectivity index (χ0) is 21.8. The van der Waals surface area contributed by atoms with Gasteiger partial charge in [0.2, 0.25) is 0 Å². The Morgan fingerprint density at radius 1 is 1.32 bits per heavy atom. The van der Waals surface area contributed by atoms with Gasteiger partial charge in [-0.25, -0.2) is 0 Å². The number of aromatic nitrogens is 1.